The number of nitrogens with zero attached hydrogens (tertiary/aromatic N) is 2. The standard InChI is InChI=1S/C19H24FN3O/c1-4-5-17-18-9-7-14(3)22(18)10-11-23(17)19(24)21-15-8-6-13(2)16(20)12-15/h6-9,12,17H,4-5,10-11H2,1-3H3,(H,21,24)/t17-/m1/s1. The Hall–Kier alpha value is -2.30. The maximum Gasteiger partial charge on any atom is 0.322 e. The third-order valence-corrected chi connectivity index (χ3v) is 4.76. The lowest BCUT2D eigenvalue weighted by atomic mass is 10.0. The van der Waals surface area contributed by atoms with Crippen molar-refractivity contribution < 1.29 is 9.18 Å². The molecule has 0 spiro atoms. The molecule has 1 aromatic heterocycles. The topological polar surface area (TPSA) is 37.3 Å². The average Bonchev–Trinajstić information content (AvgIpc) is 2.93. The summed E-state index contributed by atoms with van der Waals surface area (Å²) in [6.07, 6.45) is 1.91. The Morgan fingerprint density at radius 3 is 2.75 bits per heavy atom. The fourth-order valence-electron chi connectivity index (χ4n) is 3.40. The van der Waals surface area contributed by atoms with Crippen LogP contribution in [0.4, 0.5) is 14.9 Å². The van der Waals surface area contributed by atoms with E-state index in [-0.39, 0.29) is 17.9 Å². The molecule has 5 heteroatoms. The van der Waals surface area contributed by atoms with Crippen molar-refractivity contribution in [2.24, 2.45) is 0 Å². The molecular formula is C19H24FN3O. The number of benzene rings is 1. The highest BCUT2D eigenvalue weighted by atomic mass is 19.1. The number of anilines is 1. The summed E-state index contributed by atoms with van der Waals surface area (Å²) in [6, 6.07) is 8.91. The third-order valence-electron chi connectivity index (χ3n) is 4.76. The van der Waals surface area contributed by atoms with Crippen molar-refractivity contribution in [3.63, 3.8) is 0 Å². The molecule has 0 radical (unpaired) electrons. The summed E-state index contributed by atoms with van der Waals surface area (Å²) in [4.78, 5) is 14.6. The van der Waals surface area contributed by atoms with E-state index in [0.717, 1.165) is 19.4 Å². The lowest BCUT2D eigenvalue weighted by molar-refractivity contribution is 0.162. The Kier molecular flexibility index (Phi) is 4.60. The third kappa shape index (κ3) is 3.03. The number of urea groups is 1. The normalized spacial score (nSPS) is 16.8. The largest absolute Gasteiger partial charge is 0.345 e. The Balaban J connectivity index is 1.81. The molecule has 2 heterocycles. The van der Waals surface area contributed by atoms with Crippen LogP contribution in [0.25, 0.3) is 0 Å². The van der Waals surface area contributed by atoms with E-state index >= 15 is 0 Å². The van der Waals surface area contributed by atoms with Crippen molar-refractivity contribution in [1.29, 1.82) is 0 Å². The van der Waals surface area contributed by atoms with Crippen molar-refractivity contribution >= 4 is 11.7 Å². The number of halogens is 1. The van der Waals surface area contributed by atoms with E-state index in [0.29, 0.717) is 17.8 Å². The highest BCUT2D eigenvalue weighted by Crippen LogP contribution is 2.31. The van der Waals surface area contributed by atoms with Crippen molar-refractivity contribution in [2.75, 3.05) is 11.9 Å². The number of carbonyl (C=O) groups excluding carboxylic acids is 1. The van der Waals surface area contributed by atoms with E-state index in [1.807, 2.05) is 4.90 Å². The first-order valence-electron chi connectivity index (χ1n) is 8.51. The molecule has 2 aromatic rings. The number of carbonyl (C=O) groups is 1. The number of hydrogen-bond donors (Lipinski definition) is 1. The number of aromatic nitrogens is 1. The average molecular weight is 329 g/mol. The monoisotopic (exact) mass is 329 g/mol. The van der Waals surface area contributed by atoms with Gasteiger partial charge in [0.25, 0.3) is 0 Å². The number of rotatable bonds is 3. The molecule has 1 N–H and O–H groups in total. The lowest BCUT2D eigenvalue weighted by Crippen LogP contribution is -2.44. The summed E-state index contributed by atoms with van der Waals surface area (Å²) < 4.78 is 16.0. The van der Waals surface area contributed by atoms with Gasteiger partial charge in [-0.1, -0.05) is 19.4 Å². The molecule has 3 rings (SSSR count). The van der Waals surface area contributed by atoms with E-state index in [1.165, 1.54) is 17.5 Å². The number of fused-ring (bicyclic) bond motifs is 1. The number of hydrogen-bond acceptors (Lipinski definition) is 1. The van der Waals surface area contributed by atoms with Crippen LogP contribution < -0.4 is 5.32 Å². The lowest BCUT2D eigenvalue weighted by Gasteiger charge is -2.37. The van der Waals surface area contributed by atoms with Gasteiger partial charge in [-0.2, -0.15) is 0 Å². The first kappa shape index (κ1) is 16.6. The van der Waals surface area contributed by atoms with Crippen molar-refractivity contribution in [1.82, 2.24) is 9.47 Å². The van der Waals surface area contributed by atoms with Gasteiger partial charge in [-0.3, -0.25) is 0 Å². The Morgan fingerprint density at radius 1 is 1.25 bits per heavy atom. The minimum absolute atomic E-state index is 0.0627. The highest BCUT2D eigenvalue weighted by Gasteiger charge is 2.31. The predicted octanol–water partition coefficient (Wildman–Crippen LogP) is 4.63. The van der Waals surface area contributed by atoms with Gasteiger partial charge in [-0.15, -0.1) is 0 Å². The maximum atomic E-state index is 13.7. The molecule has 0 fully saturated rings. The fraction of sp³-hybridized carbons (Fsp3) is 0.421. The van der Waals surface area contributed by atoms with Crippen molar-refractivity contribution in [2.45, 2.75) is 46.2 Å². The van der Waals surface area contributed by atoms with Crippen LogP contribution in [0.1, 0.15) is 42.8 Å². The Bertz CT molecular complexity index is 753. The SMILES string of the molecule is CCC[C@@H]1c2ccc(C)n2CCN1C(=O)Nc1ccc(C)c(F)c1. The van der Waals surface area contributed by atoms with Crippen LogP contribution >= 0.6 is 0 Å². The zero-order valence-electron chi connectivity index (χ0n) is 14.5. The van der Waals surface area contributed by atoms with E-state index < -0.39 is 0 Å². The summed E-state index contributed by atoms with van der Waals surface area (Å²) >= 11 is 0. The highest BCUT2D eigenvalue weighted by molar-refractivity contribution is 5.89. The quantitative estimate of drug-likeness (QED) is 0.875. The minimum Gasteiger partial charge on any atom is -0.345 e. The summed E-state index contributed by atoms with van der Waals surface area (Å²) in [7, 11) is 0. The molecule has 128 valence electrons. The van der Waals surface area contributed by atoms with Gasteiger partial charge in [0.2, 0.25) is 0 Å². The number of amides is 2. The molecule has 1 aliphatic heterocycles. The molecular weight excluding hydrogens is 305 g/mol. The second-order valence-corrected chi connectivity index (χ2v) is 6.44. The van der Waals surface area contributed by atoms with Gasteiger partial charge in [0.05, 0.1) is 6.04 Å². The van der Waals surface area contributed by atoms with Gasteiger partial charge in [0.1, 0.15) is 5.82 Å². The fourth-order valence-corrected chi connectivity index (χ4v) is 3.40. The molecule has 1 aromatic carbocycles. The maximum absolute atomic E-state index is 13.7. The van der Waals surface area contributed by atoms with Crippen LogP contribution in [-0.4, -0.2) is 22.0 Å². The molecule has 0 bridgehead atoms. The second kappa shape index (κ2) is 6.67. The van der Waals surface area contributed by atoms with Gasteiger partial charge in [-0.25, -0.2) is 9.18 Å². The van der Waals surface area contributed by atoms with Crippen LogP contribution in [0.2, 0.25) is 0 Å². The smallest absolute Gasteiger partial charge is 0.322 e. The van der Waals surface area contributed by atoms with Gasteiger partial charge < -0.3 is 14.8 Å². The van der Waals surface area contributed by atoms with E-state index in [9.17, 15) is 9.18 Å². The van der Waals surface area contributed by atoms with Crippen LogP contribution in [0.3, 0.4) is 0 Å². The van der Waals surface area contributed by atoms with Crippen molar-refractivity contribution in [3.05, 3.63) is 53.1 Å². The summed E-state index contributed by atoms with van der Waals surface area (Å²) in [5.74, 6) is -0.305. The molecule has 1 aliphatic rings. The molecule has 0 aliphatic carbocycles. The van der Waals surface area contributed by atoms with Crippen LogP contribution in [0.15, 0.2) is 30.3 Å². The van der Waals surface area contributed by atoms with Gasteiger partial charge in [0.15, 0.2) is 0 Å². The minimum atomic E-state index is -0.305. The van der Waals surface area contributed by atoms with Gasteiger partial charge in [-0.05, 0) is 50.1 Å². The van der Waals surface area contributed by atoms with Crippen LogP contribution in [0, 0.1) is 19.7 Å². The van der Waals surface area contributed by atoms with E-state index in [1.54, 1.807) is 19.1 Å². The first-order chi connectivity index (χ1) is 11.5. The van der Waals surface area contributed by atoms with E-state index in [4.69, 9.17) is 0 Å². The van der Waals surface area contributed by atoms with Crippen LogP contribution in [0.5, 0.6) is 0 Å². The predicted molar refractivity (Wildman–Crippen MR) is 93.7 cm³/mol. The molecule has 0 unspecified atom stereocenters. The zero-order valence-corrected chi connectivity index (χ0v) is 14.5. The number of aryl methyl sites for hydroxylation is 2. The summed E-state index contributed by atoms with van der Waals surface area (Å²) in [5.41, 5.74) is 3.48. The zero-order chi connectivity index (χ0) is 17.3. The molecule has 2 amide bonds. The second-order valence-electron chi connectivity index (χ2n) is 6.44. The van der Waals surface area contributed by atoms with Crippen molar-refractivity contribution in [3.8, 4) is 0 Å². The first-order valence-corrected chi connectivity index (χ1v) is 8.51. The Morgan fingerprint density at radius 2 is 2.04 bits per heavy atom. The molecule has 0 saturated carbocycles. The Labute approximate surface area is 142 Å². The van der Waals surface area contributed by atoms with Crippen LogP contribution in [-0.2, 0) is 6.54 Å². The summed E-state index contributed by atoms with van der Waals surface area (Å²) in [6.45, 7) is 7.38. The van der Waals surface area contributed by atoms with Gasteiger partial charge in [0, 0.05) is 30.2 Å². The van der Waals surface area contributed by atoms with E-state index in [2.05, 4.69) is 35.9 Å². The summed E-state index contributed by atoms with van der Waals surface area (Å²) in [5, 5.41) is 2.84. The molecule has 0 saturated heterocycles. The molecule has 24 heavy (non-hydrogen) atoms. The molecule has 4 nitrogen and oxygen atoms in total. The number of nitrogens with one attached hydrogen (secondary N) is 1. The molecule has 1 atom stereocenters. The van der Waals surface area contributed by atoms with Gasteiger partial charge >= 0.3 is 6.03 Å².